The lowest BCUT2D eigenvalue weighted by Gasteiger charge is -2.20. The van der Waals surface area contributed by atoms with E-state index in [1.165, 1.54) is 0 Å². The summed E-state index contributed by atoms with van der Waals surface area (Å²) in [6.07, 6.45) is 2.08. The third-order valence-electron chi connectivity index (χ3n) is 4.10. The summed E-state index contributed by atoms with van der Waals surface area (Å²) < 4.78 is 14.6. The standard InChI is InChI=1S/C18H23IO3Si/c1-12-11-16(22-18(12)20)17-13(2)14(8-10-23(3,4)5)15(21-17)7-6-9-19/h11,13-17H,7H2,1-5H3/t13-,14+,15+,16-,17-/m0/s1. The highest BCUT2D eigenvalue weighted by Crippen LogP contribution is 2.38. The predicted molar refractivity (Wildman–Crippen MR) is 102 cm³/mol. The summed E-state index contributed by atoms with van der Waals surface area (Å²) in [4.78, 5) is 11.6. The molecule has 0 spiro atoms. The summed E-state index contributed by atoms with van der Waals surface area (Å²) >= 11 is 2.04. The Morgan fingerprint density at radius 2 is 2.04 bits per heavy atom. The molecule has 0 amide bonds. The number of halogens is 1. The average molecular weight is 442 g/mol. The van der Waals surface area contributed by atoms with Gasteiger partial charge in [0.1, 0.15) is 20.3 Å². The van der Waals surface area contributed by atoms with Crippen molar-refractivity contribution in [3.63, 3.8) is 0 Å². The molecule has 2 rings (SSSR count). The van der Waals surface area contributed by atoms with Crippen LogP contribution in [0.5, 0.6) is 0 Å². The fourth-order valence-electron chi connectivity index (χ4n) is 2.90. The zero-order chi connectivity index (χ0) is 17.2. The maximum absolute atomic E-state index is 11.6. The maximum Gasteiger partial charge on any atom is 0.334 e. The van der Waals surface area contributed by atoms with Crippen LogP contribution in [-0.2, 0) is 14.3 Å². The first-order valence-corrected chi connectivity index (χ1v) is 12.5. The quantitative estimate of drug-likeness (QED) is 0.284. The average Bonchev–Trinajstić information content (AvgIpc) is 2.94. The van der Waals surface area contributed by atoms with Crippen molar-refractivity contribution in [1.82, 2.24) is 0 Å². The van der Waals surface area contributed by atoms with Crippen LogP contribution in [0.4, 0.5) is 0 Å². The molecule has 0 radical (unpaired) electrons. The van der Waals surface area contributed by atoms with Crippen molar-refractivity contribution in [3.05, 3.63) is 11.6 Å². The molecular formula is C18H23IO3Si. The minimum Gasteiger partial charge on any atom is -0.452 e. The van der Waals surface area contributed by atoms with E-state index in [0.717, 1.165) is 0 Å². The molecular weight excluding hydrogens is 419 g/mol. The van der Waals surface area contributed by atoms with E-state index in [-0.39, 0.29) is 36.1 Å². The Morgan fingerprint density at radius 3 is 2.57 bits per heavy atom. The Balaban J connectivity index is 2.22. The van der Waals surface area contributed by atoms with Gasteiger partial charge < -0.3 is 9.47 Å². The van der Waals surface area contributed by atoms with Crippen molar-refractivity contribution in [3.8, 4) is 21.3 Å². The first-order chi connectivity index (χ1) is 10.7. The van der Waals surface area contributed by atoms with Gasteiger partial charge >= 0.3 is 5.97 Å². The van der Waals surface area contributed by atoms with Gasteiger partial charge in [0.05, 0.1) is 12.0 Å². The van der Waals surface area contributed by atoms with E-state index >= 15 is 0 Å². The van der Waals surface area contributed by atoms with Crippen molar-refractivity contribution in [2.24, 2.45) is 11.8 Å². The topological polar surface area (TPSA) is 35.5 Å². The molecule has 2 heterocycles. The lowest BCUT2D eigenvalue weighted by atomic mass is 9.86. The van der Waals surface area contributed by atoms with Gasteiger partial charge in [0.15, 0.2) is 0 Å². The SMILES string of the molecule is CC1=C[C@@H]([C@H]2O[C@H](CC#CI)[C@H](C#C[Si](C)(C)C)[C@@H]2C)OC1=O. The Bertz CT molecular complexity index is 627. The summed E-state index contributed by atoms with van der Waals surface area (Å²) in [5, 5.41) is 0. The van der Waals surface area contributed by atoms with Crippen LogP contribution in [0.15, 0.2) is 11.6 Å². The van der Waals surface area contributed by atoms with Gasteiger partial charge in [-0.15, -0.1) is 11.5 Å². The first kappa shape index (κ1) is 18.6. The van der Waals surface area contributed by atoms with Crippen molar-refractivity contribution in [1.29, 1.82) is 0 Å². The van der Waals surface area contributed by atoms with E-state index in [2.05, 4.69) is 47.9 Å². The molecule has 2 aliphatic heterocycles. The molecule has 5 heteroatoms. The smallest absolute Gasteiger partial charge is 0.334 e. The number of hydrogen-bond acceptors (Lipinski definition) is 3. The molecule has 1 saturated heterocycles. The molecule has 0 bridgehead atoms. The number of carbonyl (C=O) groups is 1. The number of ether oxygens (including phenoxy) is 2. The Morgan fingerprint density at radius 1 is 1.35 bits per heavy atom. The molecule has 23 heavy (non-hydrogen) atoms. The third-order valence-corrected chi connectivity index (χ3v) is 5.38. The third kappa shape index (κ3) is 4.62. The number of esters is 1. The van der Waals surface area contributed by atoms with Gasteiger partial charge in [0.25, 0.3) is 0 Å². The monoisotopic (exact) mass is 442 g/mol. The molecule has 0 aromatic carbocycles. The van der Waals surface area contributed by atoms with Crippen LogP contribution in [0, 0.1) is 33.1 Å². The van der Waals surface area contributed by atoms with E-state index in [4.69, 9.17) is 9.47 Å². The molecule has 0 aromatic heterocycles. The minimum absolute atomic E-state index is 0.0193. The molecule has 1 fully saturated rings. The van der Waals surface area contributed by atoms with Crippen LogP contribution in [0.25, 0.3) is 0 Å². The second-order valence-corrected chi connectivity index (χ2v) is 12.5. The highest BCUT2D eigenvalue weighted by atomic mass is 127. The number of hydrogen-bond donors (Lipinski definition) is 0. The molecule has 0 unspecified atom stereocenters. The molecule has 3 nitrogen and oxygen atoms in total. The Labute approximate surface area is 153 Å². The van der Waals surface area contributed by atoms with Crippen LogP contribution < -0.4 is 0 Å². The molecule has 5 atom stereocenters. The van der Waals surface area contributed by atoms with Gasteiger partial charge in [-0.25, -0.2) is 4.79 Å². The van der Waals surface area contributed by atoms with Crippen LogP contribution in [0.3, 0.4) is 0 Å². The highest BCUT2D eigenvalue weighted by molar-refractivity contribution is 14.1. The zero-order valence-electron chi connectivity index (χ0n) is 14.3. The van der Waals surface area contributed by atoms with E-state index < -0.39 is 8.07 Å². The van der Waals surface area contributed by atoms with E-state index in [1.54, 1.807) is 6.92 Å². The molecule has 2 aliphatic rings. The van der Waals surface area contributed by atoms with Crippen molar-refractivity contribution >= 4 is 36.6 Å². The van der Waals surface area contributed by atoms with Gasteiger partial charge in [-0.05, 0) is 16.9 Å². The lowest BCUT2D eigenvalue weighted by molar-refractivity contribution is -0.145. The van der Waals surface area contributed by atoms with Gasteiger partial charge in [0, 0.05) is 40.5 Å². The van der Waals surface area contributed by atoms with Crippen molar-refractivity contribution in [2.45, 2.75) is 58.2 Å². The first-order valence-electron chi connectivity index (χ1n) is 7.89. The predicted octanol–water partition coefficient (Wildman–Crippen LogP) is 3.54. The summed E-state index contributed by atoms with van der Waals surface area (Å²) in [6.45, 7) is 10.6. The summed E-state index contributed by atoms with van der Waals surface area (Å²) in [6, 6.07) is 0. The summed E-state index contributed by atoms with van der Waals surface area (Å²) in [5.41, 5.74) is 4.12. The fourth-order valence-corrected chi connectivity index (χ4v) is 3.72. The zero-order valence-corrected chi connectivity index (χ0v) is 17.4. The lowest BCUT2D eigenvalue weighted by Crippen LogP contribution is -2.31. The molecule has 124 valence electrons. The van der Waals surface area contributed by atoms with Gasteiger partial charge in [-0.1, -0.05) is 32.5 Å². The number of rotatable bonds is 2. The fraction of sp³-hybridized carbons (Fsp3) is 0.611. The van der Waals surface area contributed by atoms with Crippen LogP contribution in [-0.4, -0.2) is 32.4 Å². The summed E-state index contributed by atoms with van der Waals surface area (Å²) in [5.74, 6) is 6.66. The molecule has 0 saturated carbocycles. The minimum atomic E-state index is -1.44. The summed E-state index contributed by atoms with van der Waals surface area (Å²) in [7, 11) is -1.44. The van der Waals surface area contributed by atoms with Crippen LogP contribution >= 0.6 is 22.6 Å². The van der Waals surface area contributed by atoms with Crippen LogP contribution in [0.2, 0.25) is 19.6 Å². The van der Waals surface area contributed by atoms with Crippen molar-refractivity contribution < 1.29 is 14.3 Å². The largest absolute Gasteiger partial charge is 0.452 e. The number of cyclic esters (lactones) is 1. The van der Waals surface area contributed by atoms with Crippen molar-refractivity contribution in [2.75, 3.05) is 0 Å². The second kappa shape index (κ2) is 7.42. The molecule has 0 aliphatic carbocycles. The van der Waals surface area contributed by atoms with Gasteiger partial charge in [0.2, 0.25) is 0 Å². The molecule has 0 N–H and O–H groups in total. The van der Waals surface area contributed by atoms with Gasteiger partial charge in [-0.3, -0.25) is 0 Å². The highest BCUT2D eigenvalue weighted by Gasteiger charge is 2.46. The van der Waals surface area contributed by atoms with E-state index in [0.29, 0.717) is 12.0 Å². The second-order valence-electron chi connectivity index (χ2n) is 7.24. The molecule has 0 aromatic rings. The van der Waals surface area contributed by atoms with Crippen LogP contribution in [0.1, 0.15) is 20.3 Å². The Hall–Kier alpha value is -0.763. The Kier molecular flexibility index (Phi) is 5.99. The van der Waals surface area contributed by atoms with E-state index in [9.17, 15) is 4.79 Å². The van der Waals surface area contributed by atoms with E-state index in [1.807, 2.05) is 28.7 Å². The van der Waals surface area contributed by atoms with Gasteiger partial charge in [-0.2, -0.15) is 0 Å². The maximum atomic E-state index is 11.6. The normalized spacial score (nSPS) is 33.2. The number of carbonyl (C=O) groups excluding carboxylic acids is 1.